The van der Waals surface area contributed by atoms with Gasteiger partial charge in [0.25, 0.3) is 0 Å². The van der Waals surface area contributed by atoms with Crippen LogP contribution in [0.2, 0.25) is 0 Å². The Labute approximate surface area is 109 Å². The number of rotatable bonds is 4. The largest absolute Gasteiger partial charge is 0.244 e. The molecule has 0 radical (unpaired) electrons. The van der Waals surface area contributed by atoms with Crippen molar-refractivity contribution < 1.29 is 0 Å². The second-order valence-electron chi connectivity index (χ2n) is 3.76. The smallest absolute Gasteiger partial charge is 0.162 e. The highest BCUT2D eigenvalue weighted by Crippen LogP contribution is 2.15. The number of hydrogen-bond donors (Lipinski definition) is 0. The summed E-state index contributed by atoms with van der Waals surface area (Å²) < 4.78 is 3.74. The molecule has 0 atom stereocenters. The van der Waals surface area contributed by atoms with E-state index < -0.39 is 0 Å². The molecule has 0 aliphatic carbocycles. The van der Waals surface area contributed by atoms with Gasteiger partial charge in [-0.05, 0) is 35.7 Å². The zero-order valence-corrected chi connectivity index (χ0v) is 10.4. The van der Waals surface area contributed by atoms with Crippen molar-refractivity contribution in [1.82, 2.24) is 19.6 Å². The molecule has 0 bridgehead atoms. The fourth-order valence-electron chi connectivity index (χ4n) is 1.74. The fourth-order valence-corrected chi connectivity index (χ4v) is 2.37. The van der Waals surface area contributed by atoms with Gasteiger partial charge in [-0.15, -0.1) is 11.3 Å². The SMILES string of the molecule is C(=C\C(n1cccn1)n1cccn1)/c1cccs1. The van der Waals surface area contributed by atoms with E-state index in [4.69, 9.17) is 0 Å². The molecule has 0 N–H and O–H groups in total. The van der Waals surface area contributed by atoms with E-state index in [0.29, 0.717) is 0 Å². The Kier molecular flexibility index (Phi) is 3.06. The highest BCUT2D eigenvalue weighted by Gasteiger charge is 2.09. The topological polar surface area (TPSA) is 35.6 Å². The van der Waals surface area contributed by atoms with Gasteiger partial charge in [-0.2, -0.15) is 10.2 Å². The molecule has 90 valence electrons. The second-order valence-corrected chi connectivity index (χ2v) is 4.74. The van der Waals surface area contributed by atoms with Crippen LogP contribution in [0, 0.1) is 0 Å². The van der Waals surface area contributed by atoms with Gasteiger partial charge in [0.15, 0.2) is 6.17 Å². The molecule has 18 heavy (non-hydrogen) atoms. The van der Waals surface area contributed by atoms with E-state index >= 15 is 0 Å². The Morgan fingerprint density at radius 1 is 1.06 bits per heavy atom. The molecule has 0 fully saturated rings. The van der Waals surface area contributed by atoms with Crippen molar-refractivity contribution in [3.05, 3.63) is 65.4 Å². The third kappa shape index (κ3) is 2.26. The van der Waals surface area contributed by atoms with Gasteiger partial charge in [0.1, 0.15) is 0 Å². The summed E-state index contributed by atoms with van der Waals surface area (Å²) in [4.78, 5) is 1.22. The van der Waals surface area contributed by atoms with Crippen LogP contribution in [0.4, 0.5) is 0 Å². The Morgan fingerprint density at radius 2 is 1.78 bits per heavy atom. The van der Waals surface area contributed by atoms with Gasteiger partial charge in [0.05, 0.1) is 0 Å². The van der Waals surface area contributed by atoms with Gasteiger partial charge < -0.3 is 0 Å². The molecule has 0 saturated heterocycles. The van der Waals surface area contributed by atoms with Gasteiger partial charge in [0.2, 0.25) is 0 Å². The highest BCUT2D eigenvalue weighted by atomic mass is 32.1. The number of allylic oxidation sites excluding steroid dienone is 1. The van der Waals surface area contributed by atoms with Crippen molar-refractivity contribution in [2.24, 2.45) is 0 Å². The first-order chi connectivity index (χ1) is 8.93. The molecule has 4 nitrogen and oxygen atoms in total. The lowest BCUT2D eigenvalue weighted by atomic mass is 10.3. The van der Waals surface area contributed by atoms with Crippen LogP contribution in [0.25, 0.3) is 6.08 Å². The lowest BCUT2D eigenvalue weighted by molar-refractivity contribution is 0.433. The maximum Gasteiger partial charge on any atom is 0.162 e. The summed E-state index contributed by atoms with van der Waals surface area (Å²) in [7, 11) is 0. The fraction of sp³-hybridized carbons (Fsp3) is 0.0769. The van der Waals surface area contributed by atoms with Crippen molar-refractivity contribution in [1.29, 1.82) is 0 Å². The number of aromatic nitrogens is 4. The van der Waals surface area contributed by atoms with Gasteiger partial charge in [-0.3, -0.25) is 0 Å². The van der Waals surface area contributed by atoms with E-state index in [-0.39, 0.29) is 6.17 Å². The molecule has 3 aromatic rings. The average molecular weight is 256 g/mol. The minimum absolute atomic E-state index is 0.0305. The molecule has 0 saturated carbocycles. The molecule has 0 amide bonds. The van der Waals surface area contributed by atoms with Crippen LogP contribution in [-0.2, 0) is 0 Å². The first kappa shape index (κ1) is 11.0. The van der Waals surface area contributed by atoms with Crippen molar-refractivity contribution in [3.8, 4) is 0 Å². The van der Waals surface area contributed by atoms with Crippen LogP contribution < -0.4 is 0 Å². The predicted molar refractivity (Wildman–Crippen MR) is 72.2 cm³/mol. The third-order valence-electron chi connectivity index (χ3n) is 2.57. The summed E-state index contributed by atoms with van der Waals surface area (Å²) in [5.74, 6) is 0. The average Bonchev–Trinajstić information content (AvgIpc) is 3.14. The predicted octanol–water partition coefficient (Wildman–Crippen LogP) is 2.90. The number of thiophene rings is 1. The Bertz CT molecular complexity index is 559. The maximum atomic E-state index is 4.28. The first-order valence-corrected chi connectivity index (χ1v) is 6.51. The lowest BCUT2D eigenvalue weighted by Crippen LogP contribution is -2.16. The van der Waals surface area contributed by atoms with Gasteiger partial charge in [-0.25, -0.2) is 9.36 Å². The molecule has 0 aliphatic heterocycles. The van der Waals surface area contributed by atoms with Crippen molar-refractivity contribution in [2.45, 2.75) is 6.17 Å². The minimum atomic E-state index is -0.0305. The number of hydrogen-bond acceptors (Lipinski definition) is 3. The summed E-state index contributed by atoms with van der Waals surface area (Å²) >= 11 is 1.71. The summed E-state index contributed by atoms with van der Waals surface area (Å²) in [5.41, 5.74) is 0. The summed E-state index contributed by atoms with van der Waals surface area (Å²) in [6, 6.07) is 7.95. The lowest BCUT2D eigenvalue weighted by Gasteiger charge is -2.13. The second kappa shape index (κ2) is 5.01. The van der Waals surface area contributed by atoms with E-state index in [0.717, 1.165) is 0 Å². The van der Waals surface area contributed by atoms with Crippen LogP contribution in [0.1, 0.15) is 11.0 Å². The van der Waals surface area contributed by atoms with Crippen molar-refractivity contribution in [2.75, 3.05) is 0 Å². The van der Waals surface area contributed by atoms with Gasteiger partial charge in [0, 0.05) is 29.7 Å². The molecule has 0 spiro atoms. The summed E-state index contributed by atoms with van der Waals surface area (Å²) in [5, 5.41) is 10.6. The minimum Gasteiger partial charge on any atom is -0.244 e. The highest BCUT2D eigenvalue weighted by molar-refractivity contribution is 7.10. The Hall–Kier alpha value is -2.14. The molecule has 3 heterocycles. The van der Waals surface area contributed by atoms with Crippen molar-refractivity contribution in [3.63, 3.8) is 0 Å². The molecule has 3 rings (SSSR count). The van der Waals surface area contributed by atoms with E-state index in [1.54, 1.807) is 23.7 Å². The Balaban J connectivity index is 1.91. The summed E-state index contributed by atoms with van der Waals surface area (Å²) in [6.07, 6.45) is 11.6. The molecule has 0 aliphatic rings. The standard InChI is InChI=1S/C13H12N4S/c1-4-12(18-11-1)5-6-13(16-9-2-7-14-16)17-10-3-8-15-17/h1-11,13H/b6-5+. The van der Waals surface area contributed by atoms with E-state index in [2.05, 4.69) is 33.8 Å². The normalized spacial score (nSPS) is 11.6. The maximum absolute atomic E-state index is 4.28. The molecule has 5 heteroatoms. The monoisotopic (exact) mass is 256 g/mol. The molecule has 0 aromatic carbocycles. The third-order valence-corrected chi connectivity index (χ3v) is 3.41. The van der Waals surface area contributed by atoms with Gasteiger partial charge >= 0.3 is 0 Å². The van der Waals surface area contributed by atoms with Crippen LogP contribution in [0.3, 0.4) is 0 Å². The quantitative estimate of drug-likeness (QED) is 0.719. The van der Waals surface area contributed by atoms with Crippen LogP contribution >= 0.6 is 11.3 Å². The first-order valence-electron chi connectivity index (χ1n) is 5.63. The molecular weight excluding hydrogens is 244 g/mol. The summed E-state index contributed by atoms with van der Waals surface area (Å²) in [6.45, 7) is 0. The zero-order chi connectivity index (χ0) is 12.2. The zero-order valence-electron chi connectivity index (χ0n) is 9.63. The molecule has 3 aromatic heterocycles. The van der Waals surface area contributed by atoms with Crippen molar-refractivity contribution >= 4 is 17.4 Å². The van der Waals surface area contributed by atoms with Gasteiger partial charge in [-0.1, -0.05) is 6.07 Å². The molecule has 0 unspecified atom stereocenters. The van der Waals surface area contributed by atoms with E-state index in [1.807, 2.05) is 40.0 Å². The van der Waals surface area contributed by atoms with Crippen LogP contribution in [0.15, 0.2) is 60.5 Å². The van der Waals surface area contributed by atoms with Crippen LogP contribution in [0.5, 0.6) is 0 Å². The Morgan fingerprint density at radius 3 is 2.28 bits per heavy atom. The van der Waals surface area contributed by atoms with E-state index in [1.165, 1.54) is 4.88 Å². The number of nitrogens with zero attached hydrogens (tertiary/aromatic N) is 4. The molecular formula is C13H12N4S. The van der Waals surface area contributed by atoms with E-state index in [9.17, 15) is 0 Å². The van der Waals surface area contributed by atoms with Crippen LogP contribution in [-0.4, -0.2) is 19.6 Å².